The molecule has 0 radical (unpaired) electrons. The molecule has 0 aliphatic carbocycles. The molecule has 0 fully saturated rings. The van der Waals surface area contributed by atoms with Gasteiger partial charge in [0.15, 0.2) is 0 Å². The van der Waals surface area contributed by atoms with E-state index in [1.165, 1.54) is 5.57 Å². The van der Waals surface area contributed by atoms with Crippen molar-refractivity contribution >= 4 is 11.8 Å². The predicted molar refractivity (Wildman–Crippen MR) is 71.7 cm³/mol. The highest BCUT2D eigenvalue weighted by Gasteiger charge is 1.87. The summed E-state index contributed by atoms with van der Waals surface area (Å²) in [6, 6.07) is 0. The second-order valence-corrected chi connectivity index (χ2v) is 3.13. The predicted octanol–water partition coefficient (Wildman–Crippen LogP) is 4.97. The van der Waals surface area contributed by atoms with Crippen LogP contribution in [0.3, 0.4) is 0 Å². The van der Waals surface area contributed by atoms with E-state index >= 15 is 0 Å². The van der Waals surface area contributed by atoms with Crippen LogP contribution in [0.1, 0.15) is 27.7 Å². The molecule has 1 heteroatoms. The van der Waals surface area contributed by atoms with Gasteiger partial charge in [0.2, 0.25) is 0 Å². The van der Waals surface area contributed by atoms with Gasteiger partial charge in [0.05, 0.1) is 0 Å². The van der Waals surface area contributed by atoms with Crippen LogP contribution < -0.4 is 0 Å². The van der Waals surface area contributed by atoms with Crippen LogP contribution in [0.25, 0.3) is 0 Å². The molecule has 0 nitrogen and oxygen atoms in total. The van der Waals surface area contributed by atoms with Crippen LogP contribution in [0.15, 0.2) is 47.9 Å². The fourth-order valence-corrected chi connectivity index (χ4v) is 1.40. The molecule has 0 aliphatic rings. The second-order valence-electron chi connectivity index (χ2n) is 2.24. The highest BCUT2D eigenvalue weighted by molar-refractivity contribution is 8.02. The molecule has 0 unspecified atom stereocenters. The number of hydrogen-bond acceptors (Lipinski definition) is 1. The molecule has 0 atom stereocenters. The summed E-state index contributed by atoms with van der Waals surface area (Å²) in [5, 5.41) is 2.10. The van der Waals surface area contributed by atoms with Crippen molar-refractivity contribution in [3.8, 4) is 0 Å². The third-order valence-electron chi connectivity index (χ3n) is 1.30. The maximum atomic E-state index is 3.63. The fourth-order valence-electron chi connectivity index (χ4n) is 0.660. The standard InChI is InChI=1S/C11H16S.C2H6/c1-4-7-8-11(6-3)10-12-9-5-2;1-2/h4-9H,1,10H2,2-3H3;1-2H3/b8-7-,9-5+,11-6+;. The second kappa shape index (κ2) is 14.8. The molecule has 0 amide bonds. The normalized spacial score (nSPS) is 11.6. The number of allylic oxidation sites excluding steroid dienone is 5. The van der Waals surface area contributed by atoms with Gasteiger partial charge in [-0.1, -0.05) is 50.8 Å². The molecular weight excluding hydrogens is 188 g/mol. The highest BCUT2D eigenvalue weighted by atomic mass is 32.2. The Balaban J connectivity index is 0. The van der Waals surface area contributed by atoms with Crippen molar-refractivity contribution in [2.24, 2.45) is 0 Å². The molecule has 0 aromatic heterocycles. The summed E-state index contributed by atoms with van der Waals surface area (Å²) in [5.41, 5.74) is 1.33. The van der Waals surface area contributed by atoms with Crippen LogP contribution in [-0.4, -0.2) is 5.75 Å². The Kier molecular flexibility index (Phi) is 16.7. The van der Waals surface area contributed by atoms with E-state index in [1.54, 1.807) is 17.8 Å². The van der Waals surface area contributed by atoms with Gasteiger partial charge in [-0.05, 0) is 24.8 Å². The molecule has 0 heterocycles. The Morgan fingerprint density at radius 3 is 2.36 bits per heavy atom. The highest BCUT2D eigenvalue weighted by Crippen LogP contribution is 2.10. The average molecular weight is 210 g/mol. The minimum absolute atomic E-state index is 1.03. The summed E-state index contributed by atoms with van der Waals surface area (Å²) < 4.78 is 0. The van der Waals surface area contributed by atoms with Crippen LogP contribution in [-0.2, 0) is 0 Å². The van der Waals surface area contributed by atoms with E-state index in [0.29, 0.717) is 0 Å². The minimum Gasteiger partial charge on any atom is -0.130 e. The van der Waals surface area contributed by atoms with Gasteiger partial charge in [-0.2, -0.15) is 0 Å². The van der Waals surface area contributed by atoms with Gasteiger partial charge in [0, 0.05) is 5.75 Å². The monoisotopic (exact) mass is 210 g/mol. The van der Waals surface area contributed by atoms with Crippen molar-refractivity contribution in [1.29, 1.82) is 0 Å². The van der Waals surface area contributed by atoms with E-state index in [4.69, 9.17) is 0 Å². The maximum Gasteiger partial charge on any atom is 0.0222 e. The Morgan fingerprint density at radius 2 is 1.93 bits per heavy atom. The Bertz CT molecular complexity index is 197. The lowest BCUT2D eigenvalue weighted by molar-refractivity contribution is 1.50. The zero-order valence-corrected chi connectivity index (χ0v) is 10.6. The average Bonchev–Trinajstić information content (AvgIpc) is 2.26. The van der Waals surface area contributed by atoms with Crippen LogP contribution in [0, 0.1) is 0 Å². The Morgan fingerprint density at radius 1 is 1.29 bits per heavy atom. The van der Waals surface area contributed by atoms with Gasteiger partial charge < -0.3 is 0 Å². The Labute approximate surface area is 93.5 Å². The zero-order chi connectivity index (χ0) is 11.2. The van der Waals surface area contributed by atoms with E-state index in [9.17, 15) is 0 Å². The van der Waals surface area contributed by atoms with Crippen LogP contribution >= 0.6 is 11.8 Å². The number of thioether (sulfide) groups is 1. The molecule has 0 saturated carbocycles. The first kappa shape index (κ1) is 15.8. The maximum absolute atomic E-state index is 3.63. The lowest BCUT2D eigenvalue weighted by atomic mass is 10.2. The quantitative estimate of drug-likeness (QED) is 0.577. The first-order valence-corrected chi connectivity index (χ1v) is 6.07. The van der Waals surface area contributed by atoms with Crippen molar-refractivity contribution in [3.05, 3.63) is 47.9 Å². The summed E-state index contributed by atoms with van der Waals surface area (Å²) >= 11 is 1.80. The lowest BCUT2D eigenvalue weighted by Gasteiger charge is -1.96. The smallest absolute Gasteiger partial charge is 0.0222 e. The van der Waals surface area contributed by atoms with Crippen molar-refractivity contribution < 1.29 is 0 Å². The molecule has 14 heavy (non-hydrogen) atoms. The first-order chi connectivity index (χ1) is 6.85. The van der Waals surface area contributed by atoms with Gasteiger partial charge in [-0.3, -0.25) is 0 Å². The summed E-state index contributed by atoms with van der Waals surface area (Å²) in [6.07, 6.45) is 10.0. The van der Waals surface area contributed by atoms with Gasteiger partial charge in [0.25, 0.3) is 0 Å². The van der Waals surface area contributed by atoms with Crippen molar-refractivity contribution in [1.82, 2.24) is 0 Å². The molecule has 0 N–H and O–H groups in total. The lowest BCUT2D eigenvalue weighted by Crippen LogP contribution is -1.79. The minimum atomic E-state index is 1.03. The van der Waals surface area contributed by atoms with E-state index in [2.05, 4.69) is 37.1 Å². The molecule has 0 rings (SSSR count). The van der Waals surface area contributed by atoms with Crippen LogP contribution in [0.5, 0.6) is 0 Å². The molecule has 80 valence electrons. The SMILES string of the molecule is C=C/C=C\C(=C/C)CS/C=C/C.CC. The van der Waals surface area contributed by atoms with E-state index < -0.39 is 0 Å². The Hall–Kier alpha value is -0.690. The summed E-state index contributed by atoms with van der Waals surface area (Å²) in [5.74, 6) is 1.03. The van der Waals surface area contributed by atoms with E-state index in [1.807, 2.05) is 26.8 Å². The van der Waals surface area contributed by atoms with Gasteiger partial charge >= 0.3 is 0 Å². The van der Waals surface area contributed by atoms with Gasteiger partial charge in [-0.15, -0.1) is 11.8 Å². The van der Waals surface area contributed by atoms with E-state index in [0.717, 1.165) is 5.75 Å². The third kappa shape index (κ3) is 11.3. The molecule has 0 spiro atoms. The molecule has 0 bridgehead atoms. The first-order valence-electron chi connectivity index (χ1n) is 5.02. The fraction of sp³-hybridized carbons (Fsp3) is 0.385. The molecule has 0 aromatic carbocycles. The molecule has 0 aliphatic heterocycles. The van der Waals surface area contributed by atoms with E-state index in [-0.39, 0.29) is 0 Å². The van der Waals surface area contributed by atoms with Crippen molar-refractivity contribution in [3.63, 3.8) is 0 Å². The third-order valence-corrected chi connectivity index (χ3v) is 2.26. The zero-order valence-electron chi connectivity index (χ0n) is 9.79. The van der Waals surface area contributed by atoms with Crippen molar-refractivity contribution in [2.75, 3.05) is 5.75 Å². The van der Waals surface area contributed by atoms with Gasteiger partial charge in [0.1, 0.15) is 0 Å². The summed E-state index contributed by atoms with van der Waals surface area (Å²) in [7, 11) is 0. The van der Waals surface area contributed by atoms with Crippen LogP contribution in [0.4, 0.5) is 0 Å². The van der Waals surface area contributed by atoms with Crippen molar-refractivity contribution in [2.45, 2.75) is 27.7 Å². The molecule has 0 aromatic rings. The topological polar surface area (TPSA) is 0 Å². The molecular formula is C13H22S. The summed E-state index contributed by atoms with van der Waals surface area (Å²) in [4.78, 5) is 0. The number of hydrogen-bond donors (Lipinski definition) is 0. The van der Waals surface area contributed by atoms with Gasteiger partial charge in [-0.25, -0.2) is 0 Å². The summed E-state index contributed by atoms with van der Waals surface area (Å²) in [6.45, 7) is 11.7. The largest absolute Gasteiger partial charge is 0.130 e. The van der Waals surface area contributed by atoms with Crippen LogP contribution in [0.2, 0.25) is 0 Å². The molecule has 0 saturated heterocycles. The number of rotatable bonds is 5.